The zero-order chi connectivity index (χ0) is 22.8. The Morgan fingerprint density at radius 3 is 2.75 bits per heavy atom. The number of para-hydroxylation sites is 2. The summed E-state index contributed by atoms with van der Waals surface area (Å²) in [5.74, 6) is -0.371. The molecule has 2 amide bonds. The minimum atomic E-state index is -0.894. The fourth-order valence-corrected chi connectivity index (χ4v) is 3.76. The molecule has 10 heteroatoms. The van der Waals surface area contributed by atoms with Crippen molar-refractivity contribution in [1.82, 2.24) is 15.5 Å². The quantitative estimate of drug-likeness (QED) is 0.450. The number of ether oxygens (including phenoxy) is 1. The molecule has 0 aliphatic carbocycles. The van der Waals surface area contributed by atoms with E-state index >= 15 is 0 Å². The molecule has 2 heterocycles. The van der Waals surface area contributed by atoms with Gasteiger partial charge in [-0.2, -0.15) is 5.10 Å². The molecule has 0 radical (unpaired) electrons. The Balaban J connectivity index is 1.69. The molecular weight excluding hydrogens is 414 g/mol. The third-order valence-corrected chi connectivity index (χ3v) is 5.60. The minimum Gasteiger partial charge on any atom is -0.477 e. The first kappa shape index (κ1) is 21.3. The summed E-state index contributed by atoms with van der Waals surface area (Å²) >= 11 is 0. The van der Waals surface area contributed by atoms with Gasteiger partial charge in [0.15, 0.2) is 11.8 Å². The first-order valence-corrected chi connectivity index (χ1v) is 10.4. The van der Waals surface area contributed by atoms with Crippen LogP contribution in [0.15, 0.2) is 42.5 Å². The van der Waals surface area contributed by atoms with Crippen molar-refractivity contribution in [3.8, 4) is 5.75 Å². The van der Waals surface area contributed by atoms with Gasteiger partial charge in [-0.25, -0.2) is 0 Å². The topological polar surface area (TPSA) is 130 Å². The molecule has 2 N–H and O–H groups in total. The summed E-state index contributed by atoms with van der Waals surface area (Å²) in [6, 6.07) is 11.1. The number of nitrogens with one attached hydrogen (secondary N) is 2. The number of benzene rings is 2. The second kappa shape index (κ2) is 8.66. The van der Waals surface area contributed by atoms with Crippen molar-refractivity contribution in [3.05, 3.63) is 58.3 Å². The number of fused-ring (bicyclic) bond motifs is 2. The summed E-state index contributed by atoms with van der Waals surface area (Å²) in [7, 11) is 0. The van der Waals surface area contributed by atoms with Crippen molar-refractivity contribution >= 4 is 34.1 Å². The lowest BCUT2D eigenvalue weighted by atomic mass is 10.1. The van der Waals surface area contributed by atoms with Crippen LogP contribution >= 0.6 is 0 Å². The van der Waals surface area contributed by atoms with Crippen molar-refractivity contribution < 1.29 is 19.2 Å². The molecule has 10 nitrogen and oxygen atoms in total. The second-order valence-electron chi connectivity index (χ2n) is 7.57. The summed E-state index contributed by atoms with van der Waals surface area (Å²) in [6.07, 6.45) is 0.673. The van der Waals surface area contributed by atoms with Gasteiger partial charge in [0.25, 0.3) is 17.5 Å². The molecule has 0 saturated carbocycles. The van der Waals surface area contributed by atoms with E-state index in [4.69, 9.17) is 4.74 Å². The van der Waals surface area contributed by atoms with E-state index in [1.165, 1.54) is 23.1 Å². The molecule has 0 fully saturated rings. The van der Waals surface area contributed by atoms with E-state index in [9.17, 15) is 19.7 Å². The number of nitro groups is 1. The monoisotopic (exact) mass is 437 g/mol. The number of anilines is 1. The number of amides is 2. The van der Waals surface area contributed by atoms with Crippen molar-refractivity contribution in [3.63, 3.8) is 0 Å². The third kappa shape index (κ3) is 3.86. The summed E-state index contributed by atoms with van der Waals surface area (Å²) in [4.78, 5) is 38.5. The van der Waals surface area contributed by atoms with Gasteiger partial charge in [0, 0.05) is 23.6 Å². The normalized spacial score (nSPS) is 15.3. The number of carbonyl (C=O) groups excluding carboxylic acids is 2. The number of aromatic nitrogens is 2. The van der Waals surface area contributed by atoms with Gasteiger partial charge in [-0.15, -0.1) is 0 Å². The Bertz CT molecular complexity index is 1190. The summed E-state index contributed by atoms with van der Waals surface area (Å²) in [6.45, 7) is 3.97. The molecule has 1 aliphatic rings. The molecule has 32 heavy (non-hydrogen) atoms. The molecule has 0 spiro atoms. The highest BCUT2D eigenvalue weighted by Gasteiger charge is 2.36. The van der Waals surface area contributed by atoms with E-state index < -0.39 is 16.9 Å². The highest BCUT2D eigenvalue weighted by atomic mass is 16.6. The predicted octanol–water partition coefficient (Wildman–Crippen LogP) is 3.18. The van der Waals surface area contributed by atoms with Gasteiger partial charge in [-0.05, 0) is 31.0 Å². The molecule has 0 bridgehead atoms. The highest BCUT2D eigenvalue weighted by molar-refractivity contribution is 6.13. The van der Waals surface area contributed by atoms with E-state index in [0.29, 0.717) is 22.3 Å². The first-order chi connectivity index (χ1) is 15.4. The molecule has 2 aromatic carbocycles. The number of non-ortho nitro benzene ring substituents is 1. The van der Waals surface area contributed by atoms with Crippen molar-refractivity contribution in [2.75, 3.05) is 11.4 Å². The van der Waals surface area contributed by atoms with Crippen LogP contribution in [0.5, 0.6) is 5.75 Å². The van der Waals surface area contributed by atoms with Gasteiger partial charge in [0.2, 0.25) is 0 Å². The molecule has 1 aromatic heterocycles. The lowest BCUT2D eigenvalue weighted by molar-refractivity contribution is -0.384. The molecule has 1 unspecified atom stereocenters. The van der Waals surface area contributed by atoms with Gasteiger partial charge in [0.05, 0.1) is 22.7 Å². The summed E-state index contributed by atoms with van der Waals surface area (Å²) in [5.41, 5.74) is 0.909. The smallest absolute Gasteiger partial charge is 0.279 e. The summed E-state index contributed by atoms with van der Waals surface area (Å²) < 4.78 is 5.90. The van der Waals surface area contributed by atoms with Crippen LogP contribution in [0, 0.1) is 10.1 Å². The number of nitro benzene ring substituents is 1. The van der Waals surface area contributed by atoms with Crippen LogP contribution in [0.25, 0.3) is 10.9 Å². The number of nitrogens with zero attached hydrogens (tertiary/aromatic N) is 3. The van der Waals surface area contributed by atoms with Crippen LogP contribution in [0.3, 0.4) is 0 Å². The number of hydrogen-bond donors (Lipinski definition) is 2. The van der Waals surface area contributed by atoms with Crippen LogP contribution in [0.2, 0.25) is 0 Å². The molecular formula is C22H23N5O5. The molecule has 166 valence electrons. The van der Waals surface area contributed by atoms with E-state index in [0.717, 1.165) is 12.8 Å². The Hall–Kier alpha value is -3.95. The number of hydrogen-bond acceptors (Lipinski definition) is 6. The van der Waals surface area contributed by atoms with Gasteiger partial charge >= 0.3 is 0 Å². The maximum Gasteiger partial charge on any atom is 0.279 e. The van der Waals surface area contributed by atoms with Crippen LogP contribution in [0.4, 0.5) is 11.4 Å². The van der Waals surface area contributed by atoms with E-state index in [1.54, 1.807) is 24.3 Å². The van der Waals surface area contributed by atoms with Gasteiger partial charge in [-0.3, -0.25) is 29.7 Å². The average Bonchev–Trinajstić information content (AvgIpc) is 3.24. The predicted molar refractivity (Wildman–Crippen MR) is 118 cm³/mol. The zero-order valence-corrected chi connectivity index (χ0v) is 17.7. The van der Waals surface area contributed by atoms with Gasteiger partial charge < -0.3 is 10.1 Å². The van der Waals surface area contributed by atoms with Gasteiger partial charge in [0.1, 0.15) is 5.75 Å². The van der Waals surface area contributed by atoms with E-state index in [2.05, 4.69) is 15.5 Å². The van der Waals surface area contributed by atoms with Crippen molar-refractivity contribution in [2.24, 2.45) is 0 Å². The lowest BCUT2D eigenvalue weighted by Gasteiger charge is -2.34. The third-order valence-electron chi connectivity index (χ3n) is 5.60. The van der Waals surface area contributed by atoms with Crippen molar-refractivity contribution in [2.45, 2.75) is 38.8 Å². The van der Waals surface area contributed by atoms with Crippen LogP contribution in [0.1, 0.15) is 37.2 Å². The Kier molecular flexibility index (Phi) is 5.76. The molecule has 0 saturated heterocycles. The number of H-pyrrole nitrogens is 1. The fourth-order valence-electron chi connectivity index (χ4n) is 3.76. The highest BCUT2D eigenvalue weighted by Crippen LogP contribution is 2.35. The molecule has 4 rings (SSSR count). The van der Waals surface area contributed by atoms with Crippen molar-refractivity contribution in [1.29, 1.82) is 0 Å². The Morgan fingerprint density at radius 2 is 2.03 bits per heavy atom. The lowest BCUT2D eigenvalue weighted by Crippen LogP contribution is -2.52. The average molecular weight is 437 g/mol. The van der Waals surface area contributed by atoms with Crippen LogP contribution in [-0.2, 0) is 4.79 Å². The standard InChI is InChI=1S/C22H23N5O5/c1-3-13(4-2)23-21(28)19-12-26(17-7-5-6-8-18(17)32-19)22(29)20-15-11-14(27(30)31)9-10-16(15)24-25-20/h5-11,13,19H,3-4,12H2,1-2H3,(H,23,28)(H,24,25). The Morgan fingerprint density at radius 1 is 1.28 bits per heavy atom. The fraction of sp³-hybridized carbons (Fsp3) is 0.318. The minimum absolute atomic E-state index is 0.00882. The largest absolute Gasteiger partial charge is 0.477 e. The first-order valence-electron chi connectivity index (χ1n) is 10.4. The molecule has 1 aliphatic heterocycles. The van der Waals surface area contributed by atoms with Crippen LogP contribution < -0.4 is 15.0 Å². The van der Waals surface area contributed by atoms with E-state index in [1.807, 2.05) is 13.8 Å². The zero-order valence-electron chi connectivity index (χ0n) is 17.7. The molecule has 3 aromatic rings. The second-order valence-corrected chi connectivity index (χ2v) is 7.57. The molecule has 1 atom stereocenters. The maximum atomic E-state index is 13.5. The maximum absolute atomic E-state index is 13.5. The number of rotatable bonds is 6. The Labute approximate surface area is 183 Å². The summed E-state index contributed by atoms with van der Waals surface area (Å²) in [5, 5.41) is 21.3. The SMILES string of the molecule is CCC(CC)NC(=O)C1CN(C(=O)c2n[nH]c3ccc([N+](=O)[O-])cc23)c2ccccc2O1. The van der Waals surface area contributed by atoms with Gasteiger partial charge in [-0.1, -0.05) is 26.0 Å². The van der Waals surface area contributed by atoms with Crippen LogP contribution in [-0.4, -0.2) is 45.6 Å². The van der Waals surface area contributed by atoms with E-state index in [-0.39, 0.29) is 29.9 Å². The number of carbonyl (C=O) groups is 2. The number of aromatic amines is 1.